The van der Waals surface area contributed by atoms with Gasteiger partial charge in [0, 0.05) is 11.1 Å². The highest BCUT2D eigenvalue weighted by Gasteiger charge is 2.28. The molecule has 0 aliphatic rings. The average Bonchev–Trinajstić information content (AvgIpc) is 3.15. The van der Waals surface area contributed by atoms with Crippen molar-refractivity contribution in [3.8, 4) is 28.0 Å². The van der Waals surface area contributed by atoms with E-state index in [9.17, 15) is 5.11 Å². The molecule has 2 N–H and O–H groups in total. The van der Waals surface area contributed by atoms with Gasteiger partial charge in [0.05, 0.1) is 0 Å². The summed E-state index contributed by atoms with van der Waals surface area (Å²) in [5.41, 5.74) is 7.01. The second-order valence-electron chi connectivity index (χ2n) is 9.90. The molecular formula is C26H29N3O. The first-order valence-corrected chi connectivity index (χ1v) is 10.4. The molecule has 0 saturated carbocycles. The van der Waals surface area contributed by atoms with Crippen LogP contribution in [-0.4, -0.2) is 20.5 Å². The predicted octanol–water partition coefficient (Wildman–Crippen LogP) is 6.71. The normalized spacial score (nSPS) is 12.4. The van der Waals surface area contributed by atoms with Gasteiger partial charge in [-0.1, -0.05) is 77.1 Å². The summed E-state index contributed by atoms with van der Waals surface area (Å²) in [6, 6.07) is 20.1. The molecule has 0 bridgehead atoms. The molecule has 0 aliphatic carbocycles. The Kier molecular flexibility index (Phi) is 4.89. The minimum absolute atomic E-state index is 0.00197. The summed E-state index contributed by atoms with van der Waals surface area (Å²) in [7, 11) is 0. The number of H-pyrrole nitrogens is 1. The molecule has 0 fully saturated rings. The third kappa shape index (κ3) is 3.82. The van der Waals surface area contributed by atoms with E-state index in [1.54, 1.807) is 6.07 Å². The topological polar surface area (TPSA) is 61.8 Å². The number of phenols is 1. The fourth-order valence-corrected chi connectivity index (χ4v) is 4.64. The number of para-hydroxylation sites is 2. The summed E-state index contributed by atoms with van der Waals surface area (Å²) >= 11 is 0. The van der Waals surface area contributed by atoms with Crippen LogP contribution in [0.4, 0.5) is 0 Å². The molecule has 0 saturated heterocycles. The summed E-state index contributed by atoms with van der Waals surface area (Å²) in [6.45, 7) is 11.4. The zero-order valence-corrected chi connectivity index (χ0v) is 18.3. The Balaban J connectivity index is 1.97. The lowest BCUT2D eigenvalue weighted by atomic mass is 9.71. The van der Waals surface area contributed by atoms with Crippen LogP contribution in [0.1, 0.15) is 46.6 Å². The number of aromatic hydroxyl groups is 1. The van der Waals surface area contributed by atoms with Crippen molar-refractivity contribution in [1.29, 1.82) is 0 Å². The van der Waals surface area contributed by atoms with Crippen LogP contribution >= 0.6 is 0 Å². The van der Waals surface area contributed by atoms with E-state index in [2.05, 4.69) is 74.3 Å². The summed E-state index contributed by atoms with van der Waals surface area (Å²) in [6.07, 6.45) is 1.06. The number of rotatable bonds is 4. The maximum Gasteiger partial charge on any atom is 0.123 e. The molecule has 30 heavy (non-hydrogen) atoms. The molecule has 1 aromatic heterocycles. The van der Waals surface area contributed by atoms with Crippen molar-refractivity contribution in [2.75, 3.05) is 0 Å². The smallest absolute Gasteiger partial charge is 0.123 e. The highest BCUT2D eigenvalue weighted by molar-refractivity contribution is 5.97. The molecule has 0 aliphatic heterocycles. The third-order valence-electron chi connectivity index (χ3n) is 5.60. The van der Waals surface area contributed by atoms with E-state index >= 15 is 0 Å². The zero-order chi connectivity index (χ0) is 21.5. The van der Waals surface area contributed by atoms with Crippen LogP contribution in [0.5, 0.6) is 5.75 Å². The van der Waals surface area contributed by atoms with E-state index in [1.165, 1.54) is 5.56 Å². The molecule has 4 heteroatoms. The first-order valence-electron chi connectivity index (χ1n) is 10.4. The molecule has 1 heterocycles. The number of hydrogen-bond acceptors (Lipinski definition) is 3. The van der Waals surface area contributed by atoms with Crippen LogP contribution in [0, 0.1) is 5.41 Å². The Morgan fingerprint density at radius 1 is 0.767 bits per heavy atom. The maximum absolute atomic E-state index is 10.6. The molecule has 0 amide bonds. The Hall–Kier alpha value is -3.14. The van der Waals surface area contributed by atoms with Gasteiger partial charge >= 0.3 is 0 Å². The van der Waals surface area contributed by atoms with Gasteiger partial charge in [0.15, 0.2) is 0 Å². The van der Waals surface area contributed by atoms with Crippen molar-refractivity contribution in [3.63, 3.8) is 0 Å². The van der Waals surface area contributed by atoms with Gasteiger partial charge in [-0.15, -0.1) is 0 Å². The fourth-order valence-electron chi connectivity index (χ4n) is 4.64. The molecule has 0 unspecified atom stereocenters. The van der Waals surface area contributed by atoms with Crippen molar-refractivity contribution in [1.82, 2.24) is 15.4 Å². The Labute approximate surface area is 178 Å². The molecule has 0 radical (unpaired) electrons. The van der Waals surface area contributed by atoms with Crippen LogP contribution in [0.25, 0.3) is 33.3 Å². The van der Waals surface area contributed by atoms with Crippen molar-refractivity contribution >= 4 is 11.0 Å². The van der Waals surface area contributed by atoms with Gasteiger partial charge in [-0.25, -0.2) is 0 Å². The summed E-state index contributed by atoms with van der Waals surface area (Å²) in [5, 5.41) is 22.0. The fraction of sp³-hybridized carbons (Fsp3) is 0.308. The number of aromatic nitrogens is 3. The van der Waals surface area contributed by atoms with Crippen molar-refractivity contribution in [3.05, 3.63) is 66.2 Å². The third-order valence-corrected chi connectivity index (χ3v) is 5.60. The van der Waals surface area contributed by atoms with E-state index in [4.69, 9.17) is 0 Å². The Morgan fingerprint density at radius 3 is 2.23 bits per heavy atom. The highest BCUT2D eigenvalue weighted by Crippen LogP contribution is 2.43. The van der Waals surface area contributed by atoms with Crippen LogP contribution in [0.3, 0.4) is 0 Å². The molecule has 3 aromatic carbocycles. The van der Waals surface area contributed by atoms with E-state index in [0.717, 1.165) is 39.7 Å². The van der Waals surface area contributed by atoms with E-state index in [0.29, 0.717) is 0 Å². The molecular weight excluding hydrogens is 370 g/mol. The summed E-state index contributed by atoms with van der Waals surface area (Å²) < 4.78 is 0. The van der Waals surface area contributed by atoms with Crippen molar-refractivity contribution < 1.29 is 5.11 Å². The van der Waals surface area contributed by atoms with E-state index < -0.39 is 0 Å². The van der Waals surface area contributed by atoms with Crippen molar-refractivity contribution in [2.24, 2.45) is 5.41 Å². The van der Waals surface area contributed by atoms with Gasteiger partial charge in [0.1, 0.15) is 16.8 Å². The number of fused-ring (bicyclic) bond motifs is 1. The van der Waals surface area contributed by atoms with Gasteiger partial charge in [-0.05, 0) is 52.1 Å². The van der Waals surface area contributed by atoms with E-state index in [-0.39, 0.29) is 16.6 Å². The number of nitrogens with zero attached hydrogens (tertiary/aromatic N) is 2. The Morgan fingerprint density at radius 2 is 1.50 bits per heavy atom. The lowest BCUT2D eigenvalue weighted by molar-refractivity contribution is 0.284. The maximum atomic E-state index is 10.6. The number of aromatic amines is 1. The molecule has 154 valence electrons. The molecule has 4 nitrogen and oxygen atoms in total. The van der Waals surface area contributed by atoms with Gasteiger partial charge in [-0.3, -0.25) is 0 Å². The van der Waals surface area contributed by atoms with Crippen LogP contribution in [-0.2, 0) is 5.41 Å². The summed E-state index contributed by atoms with van der Waals surface area (Å²) in [4.78, 5) is 0. The van der Waals surface area contributed by atoms with Gasteiger partial charge in [-0.2, -0.15) is 15.4 Å². The highest BCUT2D eigenvalue weighted by atomic mass is 16.3. The SMILES string of the molecule is CC(C)(C)CC(C)(C)c1ccc(-c2ccccc2O)c(-c2cccc3n[nH]nc23)c1. The number of hydrogen-bond donors (Lipinski definition) is 2. The Bertz CT molecular complexity index is 1200. The lowest BCUT2D eigenvalue weighted by Gasteiger charge is -2.33. The first-order chi connectivity index (χ1) is 14.2. The second kappa shape index (κ2) is 7.28. The minimum Gasteiger partial charge on any atom is -0.507 e. The van der Waals surface area contributed by atoms with Crippen LogP contribution < -0.4 is 0 Å². The summed E-state index contributed by atoms with van der Waals surface area (Å²) in [5.74, 6) is 0.271. The zero-order valence-electron chi connectivity index (χ0n) is 18.3. The standard InChI is InChI=1S/C26H29N3O/c1-25(2,3)16-26(4,5)17-13-14-18(19-9-6-7-12-23(19)30)21(15-17)20-10-8-11-22-24(20)28-29-27-22/h6-15,30H,16H2,1-5H3,(H,27,28,29). The van der Waals surface area contributed by atoms with Crippen LogP contribution in [0.2, 0.25) is 0 Å². The average molecular weight is 400 g/mol. The molecule has 4 aromatic rings. The lowest BCUT2D eigenvalue weighted by Crippen LogP contribution is -2.24. The molecule has 0 atom stereocenters. The van der Waals surface area contributed by atoms with Gasteiger partial charge in [0.2, 0.25) is 0 Å². The predicted molar refractivity (Wildman–Crippen MR) is 124 cm³/mol. The molecule has 0 spiro atoms. The molecule has 4 rings (SSSR count). The number of phenolic OH excluding ortho intramolecular Hbond substituents is 1. The number of nitrogens with one attached hydrogen (secondary N) is 1. The second-order valence-corrected chi connectivity index (χ2v) is 9.90. The van der Waals surface area contributed by atoms with E-state index in [1.807, 2.05) is 30.3 Å². The van der Waals surface area contributed by atoms with Gasteiger partial charge < -0.3 is 5.11 Å². The monoisotopic (exact) mass is 399 g/mol. The quantitative estimate of drug-likeness (QED) is 0.401. The van der Waals surface area contributed by atoms with Gasteiger partial charge in [0.25, 0.3) is 0 Å². The van der Waals surface area contributed by atoms with Crippen LogP contribution in [0.15, 0.2) is 60.7 Å². The first kappa shape index (κ1) is 20.1. The largest absolute Gasteiger partial charge is 0.507 e. The number of benzene rings is 3. The van der Waals surface area contributed by atoms with Crippen molar-refractivity contribution in [2.45, 2.75) is 46.5 Å². The minimum atomic E-state index is 0.00197.